The summed E-state index contributed by atoms with van der Waals surface area (Å²) in [6, 6.07) is 0. The molecule has 0 amide bonds. The molecule has 0 bridgehead atoms. The number of rotatable bonds is 4. The molecule has 1 rings (SSSR count). The molecule has 0 radical (unpaired) electrons. The van der Waals surface area contributed by atoms with E-state index in [1.54, 1.807) is 0 Å². The molecule has 1 atom stereocenters. The molecule has 0 unspecified atom stereocenters. The summed E-state index contributed by atoms with van der Waals surface area (Å²) in [7, 11) is 0. The third kappa shape index (κ3) is 2.53. The second-order valence-corrected chi connectivity index (χ2v) is 2.59. The number of aromatic carboxylic acids is 1. The third-order valence-corrected chi connectivity index (χ3v) is 1.49. The van der Waals surface area contributed by atoms with Crippen molar-refractivity contribution in [3.8, 4) is 0 Å². The maximum Gasteiger partial charge on any atom is 0.338 e. The minimum Gasteiger partial charge on any atom is -0.478 e. The lowest BCUT2D eigenvalue weighted by Gasteiger charge is -2.05. The first-order valence-corrected chi connectivity index (χ1v) is 3.68. The second kappa shape index (κ2) is 4.01. The summed E-state index contributed by atoms with van der Waals surface area (Å²) in [6.45, 7) is -0.286. The molecule has 13 heavy (non-hydrogen) atoms. The Morgan fingerprint density at radius 1 is 1.69 bits per heavy atom. The second-order valence-electron chi connectivity index (χ2n) is 2.59. The maximum atomic E-state index is 10.4. The number of nitrogens with zero attached hydrogens (tertiary/aromatic N) is 2. The number of aromatic nitrogens is 2. The molecule has 0 aliphatic heterocycles. The quantitative estimate of drug-likeness (QED) is 0.556. The van der Waals surface area contributed by atoms with Gasteiger partial charge in [0.2, 0.25) is 0 Å². The normalized spacial score (nSPS) is 12.8. The van der Waals surface area contributed by atoms with Crippen LogP contribution in [0.15, 0.2) is 12.4 Å². The summed E-state index contributed by atoms with van der Waals surface area (Å²) >= 11 is 0. The van der Waals surface area contributed by atoms with Gasteiger partial charge in [-0.3, -0.25) is 4.68 Å². The molecule has 3 N–H and O–H groups in total. The molecule has 6 heteroatoms. The predicted octanol–water partition coefficient (Wildman–Crippen LogP) is -1.07. The number of carbonyl (C=O) groups is 1. The summed E-state index contributed by atoms with van der Waals surface area (Å²) < 4.78 is 1.27. The van der Waals surface area contributed by atoms with Crippen molar-refractivity contribution in [3.63, 3.8) is 0 Å². The van der Waals surface area contributed by atoms with Crippen LogP contribution in [0, 0.1) is 0 Å². The van der Waals surface area contributed by atoms with Gasteiger partial charge in [0.25, 0.3) is 0 Å². The fourth-order valence-corrected chi connectivity index (χ4v) is 0.848. The van der Waals surface area contributed by atoms with Gasteiger partial charge in [-0.05, 0) is 0 Å². The molecule has 0 aliphatic carbocycles. The van der Waals surface area contributed by atoms with Crippen LogP contribution in [0.4, 0.5) is 0 Å². The van der Waals surface area contributed by atoms with E-state index in [4.69, 9.17) is 15.3 Å². The summed E-state index contributed by atoms with van der Waals surface area (Å²) in [5.74, 6) is -1.07. The first-order valence-electron chi connectivity index (χ1n) is 3.68. The summed E-state index contributed by atoms with van der Waals surface area (Å²) in [6.07, 6.45) is 1.56. The molecule has 0 saturated heterocycles. The fraction of sp³-hybridized carbons (Fsp3) is 0.429. The fourth-order valence-electron chi connectivity index (χ4n) is 0.848. The molecular formula is C7H10N2O4. The molecule has 0 aliphatic rings. The standard InChI is InChI=1S/C7H10N2O4/c10-4-6(11)3-9-2-5(1-8-9)7(12)13/h1-2,6,10-11H,3-4H2,(H,12,13)/t6-/m0/s1. The molecule has 0 spiro atoms. The van der Waals surface area contributed by atoms with Crippen molar-refractivity contribution in [3.05, 3.63) is 18.0 Å². The van der Waals surface area contributed by atoms with Crippen LogP contribution < -0.4 is 0 Å². The van der Waals surface area contributed by atoms with E-state index in [1.807, 2.05) is 0 Å². The van der Waals surface area contributed by atoms with Gasteiger partial charge in [0.1, 0.15) is 0 Å². The van der Waals surface area contributed by atoms with Gasteiger partial charge >= 0.3 is 5.97 Å². The van der Waals surface area contributed by atoms with E-state index in [9.17, 15) is 4.79 Å². The first-order chi connectivity index (χ1) is 6.13. The topological polar surface area (TPSA) is 95.6 Å². The lowest BCUT2D eigenvalue weighted by molar-refractivity contribution is 0.0694. The first kappa shape index (κ1) is 9.69. The largest absolute Gasteiger partial charge is 0.478 e. The third-order valence-electron chi connectivity index (χ3n) is 1.49. The van der Waals surface area contributed by atoms with E-state index in [0.717, 1.165) is 0 Å². The molecule has 0 saturated carbocycles. The molecule has 0 fully saturated rings. The van der Waals surface area contributed by atoms with Gasteiger partial charge < -0.3 is 15.3 Å². The van der Waals surface area contributed by atoms with Crippen LogP contribution in [-0.2, 0) is 6.54 Å². The van der Waals surface area contributed by atoms with Crippen molar-refractivity contribution in [2.75, 3.05) is 6.61 Å². The van der Waals surface area contributed by atoms with Gasteiger partial charge in [-0.1, -0.05) is 0 Å². The van der Waals surface area contributed by atoms with Crippen LogP contribution in [0.5, 0.6) is 0 Å². The summed E-state index contributed by atoms with van der Waals surface area (Å²) in [4.78, 5) is 10.4. The van der Waals surface area contributed by atoms with E-state index in [-0.39, 0.29) is 18.7 Å². The highest BCUT2D eigenvalue weighted by atomic mass is 16.4. The number of aliphatic hydroxyl groups excluding tert-OH is 2. The van der Waals surface area contributed by atoms with Gasteiger partial charge in [-0.2, -0.15) is 5.10 Å². The molecule has 0 aromatic carbocycles. The van der Waals surface area contributed by atoms with E-state index in [2.05, 4.69) is 5.10 Å². The Morgan fingerprint density at radius 2 is 2.38 bits per heavy atom. The van der Waals surface area contributed by atoms with Crippen LogP contribution >= 0.6 is 0 Å². The Labute approximate surface area is 74.0 Å². The average Bonchev–Trinajstić information content (AvgIpc) is 2.52. The highest BCUT2D eigenvalue weighted by Crippen LogP contribution is 1.98. The zero-order valence-corrected chi connectivity index (χ0v) is 6.79. The summed E-state index contributed by atoms with van der Waals surface area (Å²) in [5.41, 5.74) is 0.0603. The number of hydrogen-bond donors (Lipinski definition) is 3. The average molecular weight is 186 g/mol. The van der Waals surface area contributed by atoms with Gasteiger partial charge in [0.05, 0.1) is 31.0 Å². The van der Waals surface area contributed by atoms with Crippen molar-refractivity contribution < 1.29 is 20.1 Å². The van der Waals surface area contributed by atoms with Gasteiger partial charge in [-0.25, -0.2) is 4.79 Å². The lowest BCUT2D eigenvalue weighted by atomic mass is 10.3. The van der Waals surface area contributed by atoms with Crippen molar-refractivity contribution in [1.29, 1.82) is 0 Å². The van der Waals surface area contributed by atoms with Gasteiger partial charge in [-0.15, -0.1) is 0 Å². The van der Waals surface area contributed by atoms with E-state index in [0.29, 0.717) is 0 Å². The monoisotopic (exact) mass is 186 g/mol. The Balaban J connectivity index is 2.64. The molecular weight excluding hydrogens is 176 g/mol. The van der Waals surface area contributed by atoms with Gasteiger partial charge in [0.15, 0.2) is 0 Å². The maximum absolute atomic E-state index is 10.4. The van der Waals surface area contributed by atoms with Crippen LogP contribution in [0.1, 0.15) is 10.4 Å². The molecule has 6 nitrogen and oxygen atoms in total. The van der Waals surface area contributed by atoms with Crippen molar-refractivity contribution in [1.82, 2.24) is 9.78 Å². The highest BCUT2D eigenvalue weighted by molar-refractivity contribution is 5.86. The van der Waals surface area contributed by atoms with E-state index >= 15 is 0 Å². The molecule has 72 valence electrons. The van der Waals surface area contributed by atoms with E-state index < -0.39 is 12.1 Å². The highest BCUT2D eigenvalue weighted by Gasteiger charge is 2.08. The van der Waals surface area contributed by atoms with Crippen LogP contribution in [0.25, 0.3) is 0 Å². The Kier molecular flexibility index (Phi) is 2.99. The minimum absolute atomic E-state index is 0.0603. The van der Waals surface area contributed by atoms with Crippen molar-refractivity contribution in [2.45, 2.75) is 12.6 Å². The smallest absolute Gasteiger partial charge is 0.338 e. The molecule has 1 aromatic rings. The number of carboxylic acids is 1. The SMILES string of the molecule is O=C(O)c1cnn(C[C@H](O)CO)c1. The number of hydrogen-bond acceptors (Lipinski definition) is 4. The zero-order valence-electron chi connectivity index (χ0n) is 6.79. The van der Waals surface area contributed by atoms with Crippen LogP contribution in [-0.4, -0.2) is 43.8 Å². The van der Waals surface area contributed by atoms with Crippen molar-refractivity contribution >= 4 is 5.97 Å². The Hall–Kier alpha value is -1.40. The van der Waals surface area contributed by atoms with Crippen LogP contribution in [0.3, 0.4) is 0 Å². The summed E-state index contributed by atoms with van der Waals surface area (Å²) in [5, 5.41) is 29.7. The minimum atomic E-state index is -1.07. The predicted molar refractivity (Wildman–Crippen MR) is 42.3 cm³/mol. The van der Waals surface area contributed by atoms with Crippen LogP contribution in [0.2, 0.25) is 0 Å². The lowest BCUT2D eigenvalue weighted by Crippen LogP contribution is -2.20. The number of aliphatic hydroxyl groups is 2. The Morgan fingerprint density at radius 3 is 2.85 bits per heavy atom. The van der Waals surface area contributed by atoms with Crippen molar-refractivity contribution in [2.24, 2.45) is 0 Å². The Bertz CT molecular complexity index is 296. The van der Waals surface area contributed by atoms with Gasteiger partial charge in [0, 0.05) is 6.20 Å². The van der Waals surface area contributed by atoms with E-state index in [1.165, 1.54) is 17.1 Å². The molecule has 1 aromatic heterocycles. The zero-order chi connectivity index (χ0) is 9.84. The molecule has 1 heterocycles. The number of carboxylic acid groups (broad SMARTS) is 1.